The highest BCUT2D eigenvalue weighted by atomic mass is 16.5. The summed E-state index contributed by atoms with van der Waals surface area (Å²) in [6, 6.07) is 9.16. The maximum Gasteiger partial charge on any atom is 0.253 e. The van der Waals surface area contributed by atoms with Gasteiger partial charge in [-0.3, -0.25) is 14.6 Å². The number of piperidine rings is 1. The van der Waals surface area contributed by atoms with E-state index in [1.54, 1.807) is 38.7 Å². The maximum atomic E-state index is 13.5. The molecule has 0 aliphatic carbocycles. The number of hydrogen-bond acceptors (Lipinski definition) is 5. The summed E-state index contributed by atoms with van der Waals surface area (Å²) in [5, 5.41) is 0. The smallest absolute Gasteiger partial charge is 0.253 e. The van der Waals surface area contributed by atoms with Gasteiger partial charge in [-0.2, -0.15) is 0 Å². The molecule has 3 heterocycles. The average Bonchev–Trinajstić information content (AvgIpc) is 3.21. The molecule has 1 aromatic carbocycles. The van der Waals surface area contributed by atoms with Crippen LogP contribution in [0, 0.1) is 5.41 Å². The molecule has 0 bridgehead atoms. The Morgan fingerprint density at radius 2 is 1.90 bits per heavy atom. The Morgan fingerprint density at radius 3 is 2.63 bits per heavy atom. The monoisotopic (exact) mass is 409 g/mol. The third kappa shape index (κ3) is 3.60. The Hall–Kier alpha value is -3.09. The van der Waals surface area contributed by atoms with Crippen molar-refractivity contribution in [3.63, 3.8) is 0 Å². The van der Waals surface area contributed by atoms with Gasteiger partial charge in [-0.1, -0.05) is 12.1 Å². The van der Waals surface area contributed by atoms with Crippen LogP contribution in [0.15, 0.2) is 42.7 Å². The molecule has 2 saturated heterocycles. The lowest BCUT2D eigenvalue weighted by Gasteiger charge is -2.39. The summed E-state index contributed by atoms with van der Waals surface area (Å²) in [7, 11) is 3.22. The van der Waals surface area contributed by atoms with E-state index in [2.05, 4.69) is 4.98 Å². The van der Waals surface area contributed by atoms with Gasteiger partial charge >= 0.3 is 0 Å². The quantitative estimate of drug-likeness (QED) is 0.759. The normalized spacial score (nSPS) is 21.2. The number of ether oxygens (including phenoxy) is 2. The SMILES string of the molecule is COc1cccc(CN2CCC[C@@]3(CCN(C(=O)c4ccncc4)C3)C2=O)c1OC. The number of likely N-dealkylation sites (tertiary alicyclic amines) is 2. The van der Waals surface area contributed by atoms with E-state index in [0.717, 1.165) is 18.4 Å². The zero-order valence-electron chi connectivity index (χ0n) is 17.5. The predicted molar refractivity (Wildman–Crippen MR) is 111 cm³/mol. The van der Waals surface area contributed by atoms with Crippen LogP contribution in [0.5, 0.6) is 11.5 Å². The van der Waals surface area contributed by atoms with Crippen molar-refractivity contribution < 1.29 is 19.1 Å². The molecule has 2 amide bonds. The number of carbonyl (C=O) groups is 2. The van der Waals surface area contributed by atoms with Gasteiger partial charge in [0.05, 0.1) is 19.6 Å². The fourth-order valence-corrected chi connectivity index (χ4v) is 4.69. The van der Waals surface area contributed by atoms with Crippen LogP contribution in [-0.2, 0) is 11.3 Å². The Balaban J connectivity index is 1.51. The molecule has 2 aliphatic rings. The molecule has 2 fully saturated rings. The number of carbonyl (C=O) groups excluding carboxylic acids is 2. The number of aromatic nitrogens is 1. The second-order valence-corrected chi connectivity index (χ2v) is 7.98. The van der Waals surface area contributed by atoms with Crippen LogP contribution in [0.25, 0.3) is 0 Å². The standard InChI is InChI=1S/C23H27N3O4/c1-29-19-6-3-5-18(20(19)30-2)15-25-13-4-9-23(22(25)28)10-14-26(16-23)21(27)17-7-11-24-12-8-17/h3,5-8,11-12H,4,9-10,13-16H2,1-2H3/t23-/m0/s1. The highest BCUT2D eigenvalue weighted by Crippen LogP contribution is 2.41. The molecule has 30 heavy (non-hydrogen) atoms. The van der Waals surface area contributed by atoms with Crippen LogP contribution in [0.2, 0.25) is 0 Å². The molecule has 1 spiro atoms. The van der Waals surface area contributed by atoms with Gasteiger partial charge in [0.2, 0.25) is 5.91 Å². The lowest BCUT2D eigenvalue weighted by atomic mass is 9.78. The number of methoxy groups -OCH3 is 2. The number of benzene rings is 1. The number of para-hydroxylation sites is 1. The second-order valence-electron chi connectivity index (χ2n) is 7.98. The molecule has 0 unspecified atom stereocenters. The second kappa shape index (κ2) is 8.34. The van der Waals surface area contributed by atoms with Gasteiger partial charge in [-0.25, -0.2) is 0 Å². The van der Waals surface area contributed by atoms with Crippen LogP contribution in [0.4, 0.5) is 0 Å². The first-order valence-corrected chi connectivity index (χ1v) is 10.3. The van der Waals surface area contributed by atoms with Gasteiger partial charge in [0, 0.05) is 49.7 Å². The van der Waals surface area contributed by atoms with Gasteiger partial charge in [0.1, 0.15) is 0 Å². The first-order chi connectivity index (χ1) is 14.6. The van der Waals surface area contributed by atoms with Crippen molar-refractivity contribution in [2.24, 2.45) is 5.41 Å². The number of hydrogen-bond donors (Lipinski definition) is 0. The van der Waals surface area contributed by atoms with Crippen molar-refractivity contribution in [2.75, 3.05) is 33.9 Å². The van der Waals surface area contributed by atoms with E-state index in [-0.39, 0.29) is 11.8 Å². The summed E-state index contributed by atoms with van der Waals surface area (Å²) < 4.78 is 10.9. The Kier molecular flexibility index (Phi) is 5.61. The molecule has 7 heteroatoms. The van der Waals surface area contributed by atoms with E-state index in [0.29, 0.717) is 49.7 Å². The van der Waals surface area contributed by atoms with E-state index in [4.69, 9.17) is 9.47 Å². The molecule has 4 rings (SSSR count). The number of rotatable bonds is 5. The van der Waals surface area contributed by atoms with E-state index in [1.807, 2.05) is 28.0 Å². The Labute approximate surface area is 176 Å². The van der Waals surface area contributed by atoms with Crippen LogP contribution in [-0.4, -0.2) is 60.5 Å². The zero-order chi connectivity index (χ0) is 21.1. The summed E-state index contributed by atoms with van der Waals surface area (Å²) in [4.78, 5) is 34.1. The maximum absolute atomic E-state index is 13.5. The third-order valence-electron chi connectivity index (χ3n) is 6.24. The third-order valence-corrected chi connectivity index (χ3v) is 6.24. The minimum absolute atomic E-state index is 0.0336. The van der Waals surface area contributed by atoms with Crippen molar-refractivity contribution in [1.29, 1.82) is 0 Å². The first-order valence-electron chi connectivity index (χ1n) is 10.3. The highest BCUT2D eigenvalue weighted by molar-refractivity contribution is 5.95. The summed E-state index contributed by atoms with van der Waals surface area (Å²) >= 11 is 0. The summed E-state index contributed by atoms with van der Waals surface area (Å²) in [5.41, 5.74) is 1.04. The topological polar surface area (TPSA) is 72.0 Å². The Bertz CT molecular complexity index is 933. The molecule has 0 saturated carbocycles. The molecule has 0 N–H and O–H groups in total. The predicted octanol–water partition coefficient (Wildman–Crippen LogP) is 2.75. The number of pyridine rings is 1. The van der Waals surface area contributed by atoms with Crippen molar-refractivity contribution >= 4 is 11.8 Å². The van der Waals surface area contributed by atoms with Crippen LogP contribution < -0.4 is 9.47 Å². The molecular weight excluding hydrogens is 382 g/mol. The molecule has 7 nitrogen and oxygen atoms in total. The fourth-order valence-electron chi connectivity index (χ4n) is 4.69. The summed E-state index contributed by atoms with van der Waals surface area (Å²) in [6.07, 6.45) is 5.68. The Morgan fingerprint density at radius 1 is 1.10 bits per heavy atom. The van der Waals surface area contributed by atoms with Crippen molar-refractivity contribution in [3.05, 3.63) is 53.9 Å². The minimum Gasteiger partial charge on any atom is -0.493 e. The number of amides is 2. The van der Waals surface area contributed by atoms with E-state index < -0.39 is 5.41 Å². The van der Waals surface area contributed by atoms with Crippen molar-refractivity contribution in [1.82, 2.24) is 14.8 Å². The fraction of sp³-hybridized carbons (Fsp3) is 0.435. The molecular formula is C23H27N3O4. The highest BCUT2D eigenvalue weighted by Gasteiger charge is 2.49. The molecule has 1 aromatic heterocycles. The first kappa shape index (κ1) is 20.2. The van der Waals surface area contributed by atoms with E-state index in [1.165, 1.54) is 0 Å². The molecule has 158 valence electrons. The summed E-state index contributed by atoms with van der Waals surface area (Å²) in [5.74, 6) is 1.41. The van der Waals surface area contributed by atoms with Gasteiger partial charge in [-0.15, -0.1) is 0 Å². The number of nitrogens with zero attached hydrogens (tertiary/aromatic N) is 3. The van der Waals surface area contributed by atoms with Crippen LogP contribution in [0.1, 0.15) is 35.2 Å². The largest absolute Gasteiger partial charge is 0.493 e. The average molecular weight is 409 g/mol. The molecule has 2 aliphatic heterocycles. The summed E-state index contributed by atoms with van der Waals surface area (Å²) in [6.45, 7) is 2.25. The molecule has 1 atom stereocenters. The van der Waals surface area contributed by atoms with Gasteiger partial charge < -0.3 is 19.3 Å². The van der Waals surface area contributed by atoms with Gasteiger partial charge in [0.25, 0.3) is 5.91 Å². The minimum atomic E-state index is -0.493. The van der Waals surface area contributed by atoms with Gasteiger partial charge in [-0.05, 0) is 37.5 Å². The van der Waals surface area contributed by atoms with Crippen LogP contribution in [0.3, 0.4) is 0 Å². The lowest BCUT2D eigenvalue weighted by Crippen LogP contribution is -2.50. The van der Waals surface area contributed by atoms with E-state index in [9.17, 15) is 9.59 Å². The van der Waals surface area contributed by atoms with E-state index >= 15 is 0 Å². The van der Waals surface area contributed by atoms with Gasteiger partial charge in [0.15, 0.2) is 11.5 Å². The van der Waals surface area contributed by atoms with Crippen molar-refractivity contribution in [3.8, 4) is 11.5 Å². The zero-order valence-corrected chi connectivity index (χ0v) is 17.5. The molecule has 2 aromatic rings. The van der Waals surface area contributed by atoms with Crippen molar-refractivity contribution in [2.45, 2.75) is 25.8 Å². The van der Waals surface area contributed by atoms with Crippen LogP contribution >= 0.6 is 0 Å². The molecule has 0 radical (unpaired) electrons. The lowest BCUT2D eigenvalue weighted by molar-refractivity contribution is -0.146.